The Morgan fingerprint density at radius 2 is 1.79 bits per heavy atom. The van der Waals surface area contributed by atoms with Crippen LogP contribution in [0.5, 0.6) is 0 Å². The SMILES string of the molecule is Cc1nn2cc3c(nc2c1-c1ccccc1)CC(c1ccc(Cl)cc1)CC3=O. The Labute approximate surface area is 167 Å². The van der Waals surface area contributed by atoms with Crippen LogP contribution in [0.15, 0.2) is 60.8 Å². The van der Waals surface area contributed by atoms with Crippen molar-refractivity contribution < 1.29 is 4.79 Å². The molecule has 0 fully saturated rings. The number of carbonyl (C=O) groups is 1. The largest absolute Gasteiger partial charge is 0.294 e. The number of ketones is 1. The lowest BCUT2D eigenvalue weighted by Crippen LogP contribution is -2.21. The Bertz CT molecular complexity index is 1200. The van der Waals surface area contributed by atoms with Gasteiger partial charge in [0.15, 0.2) is 11.4 Å². The third kappa shape index (κ3) is 2.81. The van der Waals surface area contributed by atoms with Gasteiger partial charge in [-0.2, -0.15) is 5.10 Å². The number of hydrogen-bond acceptors (Lipinski definition) is 3. The Kier molecular flexibility index (Phi) is 4.02. The van der Waals surface area contributed by atoms with Crippen molar-refractivity contribution in [3.63, 3.8) is 0 Å². The van der Waals surface area contributed by atoms with E-state index >= 15 is 0 Å². The summed E-state index contributed by atoms with van der Waals surface area (Å²) in [6.45, 7) is 1.98. The smallest absolute Gasteiger partial charge is 0.166 e. The first-order chi connectivity index (χ1) is 13.6. The quantitative estimate of drug-likeness (QED) is 0.470. The van der Waals surface area contributed by atoms with Crippen molar-refractivity contribution >= 4 is 23.0 Å². The molecule has 28 heavy (non-hydrogen) atoms. The minimum Gasteiger partial charge on any atom is -0.294 e. The van der Waals surface area contributed by atoms with Crippen LogP contribution in [0.1, 0.15) is 39.6 Å². The molecule has 0 saturated heterocycles. The summed E-state index contributed by atoms with van der Waals surface area (Å²) < 4.78 is 1.75. The lowest BCUT2D eigenvalue weighted by Gasteiger charge is -2.23. The predicted molar refractivity (Wildman–Crippen MR) is 110 cm³/mol. The van der Waals surface area contributed by atoms with E-state index in [1.807, 2.05) is 55.6 Å². The van der Waals surface area contributed by atoms with Gasteiger partial charge < -0.3 is 0 Å². The summed E-state index contributed by atoms with van der Waals surface area (Å²) >= 11 is 6.01. The first-order valence-electron chi connectivity index (χ1n) is 9.33. The van der Waals surface area contributed by atoms with E-state index in [9.17, 15) is 4.79 Å². The summed E-state index contributed by atoms with van der Waals surface area (Å²) in [5.74, 6) is 0.237. The molecule has 5 heteroatoms. The van der Waals surface area contributed by atoms with Crippen LogP contribution in [-0.4, -0.2) is 20.4 Å². The molecule has 0 N–H and O–H groups in total. The van der Waals surface area contributed by atoms with Crippen LogP contribution >= 0.6 is 11.6 Å². The number of halogens is 1. The molecule has 4 nitrogen and oxygen atoms in total. The molecule has 1 unspecified atom stereocenters. The maximum atomic E-state index is 12.8. The summed E-state index contributed by atoms with van der Waals surface area (Å²) in [6.07, 6.45) is 3.06. The molecule has 2 aromatic carbocycles. The number of fused-ring (bicyclic) bond motifs is 2. The van der Waals surface area contributed by atoms with Crippen LogP contribution < -0.4 is 0 Å². The van der Waals surface area contributed by atoms with Crippen LogP contribution in [0, 0.1) is 6.92 Å². The van der Waals surface area contributed by atoms with Gasteiger partial charge in [-0.1, -0.05) is 54.1 Å². The maximum Gasteiger partial charge on any atom is 0.166 e. The highest BCUT2D eigenvalue weighted by Crippen LogP contribution is 2.34. The molecule has 1 aliphatic carbocycles. The summed E-state index contributed by atoms with van der Waals surface area (Å²) in [5, 5.41) is 5.31. The van der Waals surface area contributed by atoms with Gasteiger partial charge in [-0.3, -0.25) is 4.79 Å². The number of rotatable bonds is 2. The highest BCUT2D eigenvalue weighted by Gasteiger charge is 2.29. The standard InChI is InChI=1S/C23H18ClN3O/c1-14-22(16-5-3-2-4-6-16)23-25-20-11-17(15-7-9-18(24)10-8-15)12-21(28)19(20)13-27(23)26-14/h2-10,13,17H,11-12H2,1H3. The van der Waals surface area contributed by atoms with E-state index in [-0.39, 0.29) is 11.7 Å². The van der Waals surface area contributed by atoms with E-state index in [1.54, 1.807) is 4.52 Å². The zero-order chi connectivity index (χ0) is 19.3. The van der Waals surface area contributed by atoms with E-state index in [0.717, 1.165) is 40.1 Å². The van der Waals surface area contributed by atoms with E-state index in [2.05, 4.69) is 17.2 Å². The van der Waals surface area contributed by atoms with Crippen molar-refractivity contribution in [1.29, 1.82) is 0 Å². The average molecular weight is 388 g/mol. The number of nitrogens with zero attached hydrogens (tertiary/aromatic N) is 3. The molecule has 0 bridgehead atoms. The zero-order valence-corrected chi connectivity index (χ0v) is 16.1. The fourth-order valence-corrected chi connectivity index (χ4v) is 4.18. The molecule has 4 aromatic rings. The summed E-state index contributed by atoms with van der Waals surface area (Å²) in [6, 6.07) is 17.9. The Morgan fingerprint density at radius 1 is 1.04 bits per heavy atom. The molecule has 0 aliphatic heterocycles. The van der Waals surface area contributed by atoms with Crippen LogP contribution in [0.2, 0.25) is 5.02 Å². The van der Waals surface area contributed by atoms with Crippen molar-refractivity contribution in [2.45, 2.75) is 25.7 Å². The number of aryl methyl sites for hydroxylation is 1. The Morgan fingerprint density at radius 3 is 2.54 bits per heavy atom. The lowest BCUT2D eigenvalue weighted by atomic mass is 9.82. The van der Waals surface area contributed by atoms with Crippen molar-refractivity contribution in [3.05, 3.63) is 88.3 Å². The molecule has 1 aliphatic rings. The van der Waals surface area contributed by atoms with Gasteiger partial charge in [0.2, 0.25) is 0 Å². The fourth-order valence-electron chi connectivity index (χ4n) is 4.06. The predicted octanol–water partition coefficient (Wildman–Crippen LogP) is 5.27. The minimum atomic E-state index is 0.116. The van der Waals surface area contributed by atoms with Crippen LogP contribution in [0.4, 0.5) is 0 Å². The number of Topliss-reactive ketones (excluding diaryl/α,β-unsaturated/α-hetero) is 1. The fraction of sp³-hybridized carbons (Fsp3) is 0.174. The van der Waals surface area contributed by atoms with E-state index in [4.69, 9.17) is 16.6 Å². The molecule has 0 saturated carbocycles. The molecule has 2 aromatic heterocycles. The second-order valence-corrected chi connectivity index (χ2v) is 7.71. The Balaban J connectivity index is 1.63. The van der Waals surface area contributed by atoms with E-state index < -0.39 is 0 Å². The van der Waals surface area contributed by atoms with Crippen molar-refractivity contribution in [2.75, 3.05) is 0 Å². The van der Waals surface area contributed by atoms with Gasteiger partial charge in [-0.25, -0.2) is 9.50 Å². The first kappa shape index (κ1) is 17.1. The number of hydrogen-bond donors (Lipinski definition) is 0. The van der Waals surface area contributed by atoms with Crippen LogP contribution in [0.3, 0.4) is 0 Å². The van der Waals surface area contributed by atoms with Crippen LogP contribution in [-0.2, 0) is 6.42 Å². The topological polar surface area (TPSA) is 47.3 Å². The third-order valence-corrected chi connectivity index (χ3v) is 5.69. The molecule has 2 heterocycles. The molecule has 0 spiro atoms. The normalized spacial score (nSPS) is 16.4. The van der Waals surface area contributed by atoms with Gasteiger partial charge in [-0.05, 0) is 42.5 Å². The number of carbonyl (C=O) groups excluding carboxylic acids is 1. The van der Waals surface area contributed by atoms with Crippen molar-refractivity contribution in [2.24, 2.45) is 0 Å². The van der Waals surface area contributed by atoms with Gasteiger partial charge in [0.1, 0.15) is 0 Å². The molecule has 0 radical (unpaired) electrons. The lowest BCUT2D eigenvalue weighted by molar-refractivity contribution is 0.0962. The number of benzene rings is 2. The summed E-state index contributed by atoms with van der Waals surface area (Å²) in [4.78, 5) is 17.7. The van der Waals surface area contributed by atoms with Gasteiger partial charge in [0.05, 0.1) is 17.0 Å². The van der Waals surface area contributed by atoms with Crippen molar-refractivity contribution in [3.8, 4) is 11.1 Å². The second-order valence-electron chi connectivity index (χ2n) is 7.28. The zero-order valence-electron chi connectivity index (χ0n) is 15.4. The van der Waals surface area contributed by atoms with E-state index in [1.165, 1.54) is 0 Å². The van der Waals surface area contributed by atoms with Gasteiger partial charge in [-0.15, -0.1) is 0 Å². The first-order valence-corrected chi connectivity index (χ1v) is 9.71. The minimum absolute atomic E-state index is 0.116. The molecule has 5 rings (SSSR count). The summed E-state index contributed by atoms with van der Waals surface area (Å²) in [5.41, 5.74) is 6.46. The van der Waals surface area contributed by atoms with Gasteiger partial charge in [0, 0.05) is 23.2 Å². The molecular formula is C23H18ClN3O. The second kappa shape index (κ2) is 6.57. The van der Waals surface area contributed by atoms with Crippen LogP contribution in [0.25, 0.3) is 16.8 Å². The summed E-state index contributed by atoms with van der Waals surface area (Å²) in [7, 11) is 0. The molecule has 1 atom stereocenters. The average Bonchev–Trinajstić information content (AvgIpc) is 3.02. The third-order valence-electron chi connectivity index (χ3n) is 5.44. The van der Waals surface area contributed by atoms with E-state index in [0.29, 0.717) is 17.0 Å². The number of aromatic nitrogens is 3. The maximum absolute atomic E-state index is 12.8. The van der Waals surface area contributed by atoms with Crippen molar-refractivity contribution in [1.82, 2.24) is 14.6 Å². The Hall–Kier alpha value is -2.98. The molecule has 138 valence electrons. The molecule has 0 amide bonds. The molecular weight excluding hydrogens is 370 g/mol. The highest BCUT2D eigenvalue weighted by molar-refractivity contribution is 6.30. The monoisotopic (exact) mass is 387 g/mol. The highest BCUT2D eigenvalue weighted by atomic mass is 35.5. The van der Waals surface area contributed by atoms with Gasteiger partial charge >= 0.3 is 0 Å². The van der Waals surface area contributed by atoms with Gasteiger partial charge in [0.25, 0.3) is 0 Å².